The van der Waals surface area contributed by atoms with Crippen molar-refractivity contribution < 1.29 is 19.4 Å². The SMILES string of the molecule is COc1ccc(-c2nc(C(N)=O)nn2COCCO)cc1. The number of nitrogens with zero attached hydrogens (tertiary/aromatic N) is 3. The molecule has 0 saturated heterocycles. The quantitative estimate of drug-likeness (QED) is 0.696. The summed E-state index contributed by atoms with van der Waals surface area (Å²) in [6.07, 6.45) is 0. The molecule has 2 aromatic rings. The summed E-state index contributed by atoms with van der Waals surface area (Å²) in [6.45, 7) is 0.116. The van der Waals surface area contributed by atoms with Crippen LogP contribution < -0.4 is 10.5 Å². The van der Waals surface area contributed by atoms with Crippen molar-refractivity contribution in [1.82, 2.24) is 14.8 Å². The van der Waals surface area contributed by atoms with Crippen molar-refractivity contribution in [2.45, 2.75) is 6.73 Å². The molecule has 1 amide bonds. The smallest absolute Gasteiger partial charge is 0.288 e. The third-order valence-corrected chi connectivity index (χ3v) is 2.69. The number of aromatic nitrogens is 3. The number of amides is 1. The molecule has 0 spiro atoms. The molecule has 112 valence electrons. The molecule has 1 heterocycles. The summed E-state index contributed by atoms with van der Waals surface area (Å²) in [5, 5.41) is 12.7. The van der Waals surface area contributed by atoms with Gasteiger partial charge in [0.25, 0.3) is 5.91 Å². The van der Waals surface area contributed by atoms with Gasteiger partial charge in [-0.1, -0.05) is 0 Å². The van der Waals surface area contributed by atoms with Crippen molar-refractivity contribution in [1.29, 1.82) is 0 Å². The summed E-state index contributed by atoms with van der Waals surface area (Å²) in [6, 6.07) is 7.12. The van der Waals surface area contributed by atoms with E-state index < -0.39 is 5.91 Å². The van der Waals surface area contributed by atoms with Gasteiger partial charge in [-0.2, -0.15) is 0 Å². The van der Waals surface area contributed by atoms with E-state index in [0.29, 0.717) is 11.6 Å². The summed E-state index contributed by atoms with van der Waals surface area (Å²) < 4.78 is 11.7. The number of aliphatic hydroxyl groups is 1. The van der Waals surface area contributed by atoms with Gasteiger partial charge >= 0.3 is 0 Å². The number of rotatable bonds is 7. The predicted octanol–water partition coefficient (Wildman–Crippen LogP) is 0.0190. The molecule has 0 aliphatic rings. The Bertz CT molecular complexity index is 609. The maximum Gasteiger partial charge on any atom is 0.288 e. The summed E-state index contributed by atoms with van der Waals surface area (Å²) >= 11 is 0. The topological polar surface area (TPSA) is 112 Å². The van der Waals surface area contributed by atoms with Gasteiger partial charge in [-0.05, 0) is 24.3 Å². The molecule has 1 aromatic carbocycles. The van der Waals surface area contributed by atoms with E-state index in [0.717, 1.165) is 5.56 Å². The van der Waals surface area contributed by atoms with Gasteiger partial charge in [0.1, 0.15) is 12.5 Å². The van der Waals surface area contributed by atoms with Crippen LogP contribution in [0, 0.1) is 0 Å². The highest BCUT2D eigenvalue weighted by Crippen LogP contribution is 2.21. The highest BCUT2D eigenvalue weighted by molar-refractivity contribution is 5.89. The van der Waals surface area contributed by atoms with Crippen LogP contribution in [0.15, 0.2) is 24.3 Å². The average Bonchev–Trinajstić information content (AvgIpc) is 2.92. The van der Waals surface area contributed by atoms with E-state index in [4.69, 9.17) is 20.3 Å². The minimum absolute atomic E-state index is 0.0577. The van der Waals surface area contributed by atoms with Crippen molar-refractivity contribution in [3.05, 3.63) is 30.1 Å². The van der Waals surface area contributed by atoms with Gasteiger partial charge in [0.2, 0.25) is 5.82 Å². The number of ether oxygens (including phenoxy) is 2. The van der Waals surface area contributed by atoms with Gasteiger partial charge in [-0.3, -0.25) is 4.79 Å². The van der Waals surface area contributed by atoms with Crippen molar-refractivity contribution >= 4 is 5.91 Å². The number of aliphatic hydroxyl groups excluding tert-OH is 1. The van der Waals surface area contributed by atoms with Gasteiger partial charge in [-0.15, -0.1) is 5.10 Å². The first kappa shape index (κ1) is 14.9. The Morgan fingerprint density at radius 1 is 1.38 bits per heavy atom. The zero-order chi connectivity index (χ0) is 15.2. The summed E-state index contributed by atoms with van der Waals surface area (Å²) in [4.78, 5) is 15.3. The molecule has 0 radical (unpaired) electrons. The predicted molar refractivity (Wildman–Crippen MR) is 73.6 cm³/mol. The van der Waals surface area contributed by atoms with Crippen LogP contribution in [0.2, 0.25) is 0 Å². The van der Waals surface area contributed by atoms with Crippen molar-refractivity contribution in [3.8, 4) is 17.1 Å². The highest BCUT2D eigenvalue weighted by atomic mass is 16.5. The largest absolute Gasteiger partial charge is 0.497 e. The lowest BCUT2D eigenvalue weighted by atomic mass is 10.2. The normalized spacial score (nSPS) is 10.6. The first-order valence-corrected chi connectivity index (χ1v) is 6.23. The van der Waals surface area contributed by atoms with Gasteiger partial charge < -0.3 is 20.3 Å². The second-order valence-electron chi connectivity index (χ2n) is 4.11. The lowest BCUT2D eigenvalue weighted by Gasteiger charge is -2.06. The monoisotopic (exact) mass is 292 g/mol. The molecule has 2 rings (SSSR count). The molecule has 0 saturated carbocycles. The summed E-state index contributed by atoms with van der Waals surface area (Å²) in [5.41, 5.74) is 5.94. The second-order valence-corrected chi connectivity index (χ2v) is 4.11. The summed E-state index contributed by atoms with van der Waals surface area (Å²) in [5.74, 6) is 0.347. The molecule has 3 N–H and O–H groups in total. The number of primary amides is 1. The molecule has 0 atom stereocenters. The highest BCUT2D eigenvalue weighted by Gasteiger charge is 2.15. The van der Waals surface area contributed by atoms with Gasteiger partial charge in [0.15, 0.2) is 5.82 Å². The third-order valence-electron chi connectivity index (χ3n) is 2.69. The lowest BCUT2D eigenvalue weighted by Crippen LogP contribution is -2.14. The zero-order valence-electron chi connectivity index (χ0n) is 11.5. The Hall–Kier alpha value is -2.45. The molecular formula is C13H16N4O4. The number of methoxy groups -OCH3 is 1. The Kier molecular flexibility index (Phi) is 4.85. The zero-order valence-corrected chi connectivity index (χ0v) is 11.5. The second kappa shape index (κ2) is 6.82. The van der Waals surface area contributed by atoms with Crippen molar-refractivity contribution in [2.24, 2.45) is 5.73 Å². The van der Waals surface area contributed by atoms with E-state index in [2.05, 4.69) is 10.1 Å². The van der Waals surface area contributed by atoms with Crippen LogP contribution in [-0.4, -0.2) is 46.1 Å². The molecule has 1 aromatic heterocycles. The molecule has 0 unspecified atom stereocenters. The fourth-order valence-electron chi connectivity index (χ4n) is 1.71. The number of carbonyl (C=O) groups excluding carboxylic acids is 1. The number of benzene rings is 1. The van der Waals surface area contributed by atoms with E-state index >= 15 is 0 Å². The minimum atomic E-state index is -0.717. The Labute approximate surface area is 121 Å². The van der Waals surface area contributed by atoms with Crippen molar-refractivity contribution in [2.75, 3.05) is 20.3 Å². The van der Waals surface area contributed by atoms with E-state index in [9.17, 15) is 4.79 Å². The number of hydrogen-bond acceptors (Lipinski definition) is 6. The van der Waals surface area contributed by atoms with Crippen LogP contribution in [0.4, 0.5) is 0 Å². The molecule has 8 nitrogen and oxygen atoms in total. The Morgan fingerprint density at radius 3 is 2.67 bits per heavy atom. The van der Waals surface area contributed by atoms with Gasteiger partial charge in [0, 0.05) is 5.56 Å². The minimum Gasteiger partial charge on any atom is -0.497 e. The molecule has 0 aliphatic heterocycles. The molecule has 0 fully saturated rings. The molecule has 21 heavy (non-hydrogen) atoms. The number of hydrogen-bond donors (Lipinski definition) is 2. The molecular weight excluding hydrogens is 276 g/mol. The van der Waals surface area contributed by atoms with Crippen molar-refractivity contribution in [3.63, 3.8) is 0 Å². The van der Waals surface area contributed by atoms with Crippen LogP contribution in [0.5, 0.6) is 5.75 Å². The van der Waals surface area contributed by atoms with Crippen LogP contribution in [0.25, 0.3) is 11.4 Å². The van der Waals surface area contributed by atoms with Crippen LogP contribution in [-0.2, 0) is 11.5 Å². The van der Waals surface area contributed by atoms with Crippen LogP contribution >= 0.6 is 0 Å². The third kappa shape index (κ3) is 3.56. The Morgan fingerprint density at radius 2 is 2.10 bits per heavy atom. The number of carbonyl (C=O) groups is 1. The first-order chi connectivity index (χ1) is 10.2. The van der Waals surface area contributed by atoms with E-state index in [1.807, 2.05) is 0 Å². The first-order valence-electron chi connectivity index (χ1n) is 6.23. The fraction of sp³-hybridized carbons (Fsp3) is 0.308. The maximum atomic E-state index is 11.2. The van der Waals surface area contributed by atoms with E-state index in [1.165, 1.54) is 4.68 Å². The fourth-order valence-corrected chi connectivity index (χ4v) is 1.71. The average molecular weight is 292 g/mol. The maximum absolute atomic E-state index is 11.2. The standard InChI is InChI=1S/C13H16N4O4/c1-20-10-4-2-9(3-5-10)13-15-12(11(14)19)16-17(13)8-21-7-6-18/h2-5,18H,6-8H2,1H3,(H2,14,19). The molecule has 0 bridgehead atoms. The summed E-state index contributed by atoms with van der Waals surface area (Å²) in [7, 11) is 1.57. The van der Waals surface area contributed by atoms with E-state index in [-0.39, 0.29) is 25.8 Å². The molecule has 8 heteroatoms. The lowest BCUT2D eigenvalue weighted by molar-refractivity contribution is 0.0425. The Balaban J connectivity index is 2.32. The van der Waals surface area contributed by atoms with Crippen LogP contribution in [0.1, 0.15) is 10.6 Å². The van der Waals surface area contributed by atoms with Gasteiger partial charge in [0.05, 0.1) is 20.3 Å². The van der Waals surface area contributed by atoms with Crippen LogP contribution in [0.3, 0.4) is 0 Å². The van der Waals surface area contributed by atoms with Gasteiger partial charge in [-0.25, -0.2) is 9.67 Å². The number of nitrogens with two attached hydrogens (primary N) is 1. The molecule has 0 aliphatic carbocycles. The van der Waals surface area contributed by atoms with E-state index in [1.54, 1.807) is 31.4 Å².